The minimum atomic E-state index is 0.834. The van der Waals surface area contributed by atoms with E-state index in [9.17, 15) is 0 Å². The van der Waals surface area contributed by atoms with Gasteiger partial charge >= 0.3 is 0 Å². The first-order chi connectivity index (χ1) is 20.7. The second-order valence-electron chi connectivity index (χ2n) is 14.8. The Morgan fingerprint density at radius 3 is 1.10 bits per heavy atom. The molecule has 0 aliphatic heterocycles. The van der Waals surface area contributed by atoms with Crippen LogP contribution in [0.4, 0.5) is 0 Å². The lowest BCUT2D eigenvalue weighted by Gasteiger charge is -2.40. The van der Waals surface area contributed by atoms with Gasteiger partial charge in [0.05, 0.1) is 0 Å². The maximum atomic E-state index is 2.43. The van der Waals surface area contributed by atoms with Gasteiger partial charge in [-0.3, -0.25) is 0 Å². The van der Waals surface area contributed by atoms with Crippen LogP contribution in [0.1, 0.15) is 209 Å². The van der Waals surface area contributed by atoms with Gasteiger partial charge in [0.2, 0.25) is 0 Å². The molecule has 0 aromatic heterocycles. The van der Waals surface area contributed by atoms with Crippen LogP contribution in [0.15, 0.2) is 0 Å². The molecule has 2 saturated carbocycles. The van der Waals surface area contributed by atoms with Gasteiger partial charge in [-0.2, -0.15) is 0 Å². The summed E-state index contributed by atoms with van der Waals surface area (Å²) in [5, 5.41) is 0. The third-order valence-corrected chi connectivity index (χ3v) is 12.1. The lowest BCUT2D eigenvalue weighted by molar-refractivity contribution is 0.428. The van der Waals surface area contributed by atoms with Crippen molar-refractivity contribution in [2.24, 2.45) is 0 Å². The first-order valence-electron chi connectivity index (χ1n) is 19.1. The zero-order valence-electron chi connectivity index (χ0n) is 28.1. The number of fused-ring (bicyclic) bond motifs is 3. The van der Waals surface area contributed by atoms with Crippen LogP contribution in [-0.2, 0) is 51.4 Å². The van der Waals surface area contributed by atoms with Crippen molar-refractivity contribution in [3.63, 3.8) is 0 Å². The summed E-state index contributed by atoms with van der Waals surface area (Å²) < 4.78 is 0. The molecule has 42 heavy (non-hydrogen) atoms. The van der Waals surface area contributed by atoms with E-state index in [4.69, 9.17) is 0 Å². The molecule has 0 amide bonds. The highest BCUT2D eigenvalue weighted by molar-refractivity contribution is 5.65. The number of hydrogen-bond donors (Lipinski definition) is 0. The monoisotopic (exact) mass is 566 g/mol. The Morgan fingerprint density at radius 2 is 0.738 bits per heavy atom. The molecule has 0 nitrogen and oxygen atoms in total. The van der Waals surface area contributed by atoms with E-state index in [0.717, 1.165) is 11.8 Å². The molecule has 0 heterocycles. The molecule has 0 radical (unpaired) electrons. The first kappa shape index (κ1) is 30.5. The topological polar surface area (TPSA) is 0 Å². The van der Waals surface area contributed by atoms with Crippen molar-refractivity contribution in [1.82, 2.24) is 0 Å². The predicted octanol–water partition coefficient (Wildman–Crippen LogP) is 12.0. The average molecular weight is 567 g/mol. The highest BCUT2D eigenvalue weighted by atomic mass is 14.4. The van der Waals surface area contributed by atoms with E-state index in [-0.39, 0.29) is 0 Å². The second kappa shape index (κ2) is 14.0. The van der Waals surface area contributed by atoms with Crippen molar-refractivity contribution in [2.45, 2.75) is 194 Å². The standard InChI is InChI=1S/C42H62/c1-5-17-31-32(18-6-2)34(20-8-4)38-28-40-39(27-37(38)33(31)19-7-3)41(29-21-11-9-12-22-29)35-25-15-16-26-36(35)42(40)30-23-13-10-14-24-30/h29-30H,5-28H2,1-4H3. The molecule has 230 valence electrons. The molecule has 0 heteroatoms. The Labute approximate surface area is 259 Å². The third kappa shape index (κ3) is 5.68. The van der Waals surface area contributed by atoms with Crippen molar-refractivity contribution in [3.8, 4) is 0 Å². The van der Waals surface area contributed by atoms with E-state index in [1.807, 2.05) is 55.6 Å². The van der Waals surface area contributed by atoms with Crippen molar-refractivity contribution in [3.05, 3.63) is 66.8 Å². The molecular formula is C42H62. The van der Waals surface area contributed by atoms with Gasteiger partial charge in [0.15, 0.2) is 0 Å². The zero-order valence-corrected chi connectivity index (χ0v) is 28.1. The Morgan fingerprint density at radius 1 is 0.381 bits per heavy atom. The van der Waals surface area contributed by atoms with Crippen LogP contribution >= 0.6 is 0 Å². The molecule has 6 rings (SSSR count). The summed E-state index contributed by atoms with van der Waals surface area (Å²) in [6.07, 6.45) is 33.0. The molecule has 0 unspecified atom stereocenters. The van der Waals surface area contributed by atoms with Gasteiger partial charge in [-0.1, -0.05) is 91.9 Å². The van der Waals surface area contributed by atoms with E-state index in [1.54, 1.807) is 11.1 Å². The normalized spacial score (nSPS) is 19.4. The zero-order chi connectivity index (χ0) is 29.1. The summed E-state index contributed by atoms with van der Waals surface area (Å²) in [6.45, 7) is 9.71. The van der Waals surface area contributed by atoms with Gasteiger partial charge in [-0.05, 0) is 168 Å². The molecule has 0 N–H and O–H groups in total. The van der Waals surface area contributed by atoms with E-state index < -0.39 is 0 Å². The van der Waals surface area contributed by atoms with Crippen LogP contribution in [0.3, 0.4) is 0 Å². The highest BCUT2D eigenvalue weighted by Crippen LogP contribution is 2.50. The summed E-state index contributed by atoms with van der Waals surface area (Å²) in [5.74, 6) is 1.67. The summed E-state index contributed by atoms with van der Waals surface area (Å²) in [5.41, 5.74) is 22.3. The molecule has 0 bridgehead atoms. The number of rotatable bonds is 10. The Kier molecular flexibility index (Phi) is 10.2. The molecule has 2 fully saturated rings. The largest absolute Gasteiger partial charge is 0.0651 e. The Hall–Kier alpha value is -1.56. The van der Waals surface area contributed by atoms with Gasteiger partial charge in [-0.25, -0.2) is 0 Å². The SMILES string of the molecule is CCCc1c(CCC)c(CCC)c2c(c1CCC)Cc1c(c(C3CCCCC3)c3c(c1C1CCCCC1)CCCC3)C2. The van der Waals surface area contributed by atoms with Crippen molar-refractivity contribution >= 4 is 0 Å². The van der Waals surface area contributed by atoms with Crippen LogP contribution in [0.25, 0.3) is 0 Å². The van der Waals surface area contributed by atoms with Crippen LogP contribution < -0.4 is 0 Å². The fraction of sp³-hybridized carbons (Fsp3) is 0.714. The van der Waals surface area contributed by atoms with Gasteiger partial charge in [0.25, 0.3) is 0 Å². The van der Waals surface area contributed by atoms with E-state index in [2.05, 4.69) is 27.7 Å². The molecule has 2 aromatic rings. The molecule has 4 aliphatic rings. The maximum absolute atomic E-state index is 2.43. The van der Waals surface area contributed by atoms with E-state index in [0.29, 0.717) is 0 Å². The Bertz CT molecular complexity index is 1130. The summed E-state index contributed by atoms with van der Waals surface area (Å²) in [6, 6.07) is 0. The second-order valence-corrected chi connectivity index (χ2v) is 14.8. The van der Waals surface area contributed by atoms with Gasteiger partial charge in [0.1, 0.15) is 0 Å². The number of benzene rings is 2. The lowest BCUT2D eigenvalue weighted by atomic mass is 9.65. The van der Waals surface area contributed by atoms with Gasteiger partial charge in [0, 0.05) is 0 Å². The van der Waals surface area contributed by atoms with Crippen LogP contribution in [-0.4, -0.2) is 0 Å². The molecule has 0 atom stereocenters. The summed E-state index contributed by atoms with van der Waals surface area (Å²) in [7, 11) is 0. The van der Waals surface area contributed by atoms with Crippen LogP contribution in [0, 0.1) is 0 Å². The fourth-order valence-corrected chi connectivity index (χ4v) is 10.4. The lowest BCUT2D eigenvalue weighted by Crippen LogP contribution is -2.26. The Balaban J connectivity index is 1.63. The minimum Gasteiger partial charge on any atom is -0.0651 e. The summed E-state index contributed by atoms with van der Waals surface area (Å²) in [4.78, 5) is 0. The van der Waals surface area contributed by atoms with Gasteiger partial charge in [-0.15, -0.1) is 0 Å². The van der Waals surface area contributed by atoms with Crippen molar-refractivity contribution in [1.29, 1.82) is 0 Å². The van der Waals surface area contributed by atoms with E-state index >= 15 is 0 Å². The molecule has 0 spiro atoms. The van der Waals surface area contributed by atoms with Crippen molar-refractivity contribution in [2.75, 3.05) is 0 Å². The molecular weight excluding hydrogens is 504 g/mol. The number of hydrogen-bond acceptors (Lipinski definition) is 0. The molecule has 0 saturated heterocycles. The fourth-order valence-electron chi connectivity index (χ4n) is 10.4. The molecule has 4 aliphatic carbocycles. The van der Waals surface area contributed by atoms with Crippen LogP contribution in [0.2, 0.25) is 0 Å². The molecule has 2 aromatic carbocycles. The average Bonchev–Trinajstić information content (AvgIpc) is 3.03. The quantitative estimate of drug-likeness (QED) is 0.229. The highest BCUT2D eigenvalue weighted by Gasteiger charge is 2.36. The van der Waals surface area contributed by atoms with Crippen LogP contribution in [0.5, 0.6) is 0 Å². The van der Waals surface area contributed by atoms with E-state index in [1.165, 1.54) is 154 Å². The predicted molar refractivity (Wildman–Crippen MR) is 183 cm³/mol. The summed E-state index contributed by atoms with van der Waals surface area (Å²) >= 11 is 0. The minimum absolute atomic E-state index is 0.834. The smallest absolute Gasteiger partial charge is 0.00141 e. The van der Waals surface area contributed by atoms with Crippen molar-refractivity contribution < 1.29 is 0 Å². The first-order valence-corrected chi connectivity index (χ1v) is 19.1. The van der Waals surface area contributed by atoms with Gasteiger partial charge < -0.3 is 0 Å². The third-order valence-electron chi connectivity index (χ3n) is 12.1. The maximum Gasteiger partial charge on any atom is -0.00141 e.